The molecule has 0 aliphatic carbocycles. The van der Waals surface area contributed by atoms with E-state index < -0.39 is 5.82 Å². The molecule has 0 amide bonds. The van der Waals surface area contributed by atoms with Gasteiger partial charge >= 0.3 is 0 Å². The van der Waals surface area contributed by atoms with Crippen molar-refractivity contribution in [2.24, 2.45) is 0 Å². The number of nitrogens with zero attached hydrogens (tertiary/aromatic N) is 4. The van der Waals surface area contributed by atoms with E-state index in [2.05, 4.69) is 15.3 Å². The van der Waals surface area contributed by atoms with Crippen molar-refractivity contribution >= 4 is 5.69 Å². The number of imidazole rings is 1. The normalized spacial score (nSPS) is 10.2. The Hall–Kier alpha value is -3.20. The van der Waals surface area contributed by atoms with Crippen LogP contribution in [-0.2, 0) is 6.54 Å². The predicted molar refractivity (Wildman–Crippen MR) is 79.8 cm³/mol. The number of nitriles is 1. The van der Waals surface area contributed by atoms with Gasteiger partial charge in [0.25, 0.3) is 0 Å². The largest absolute Gasteiger partial charge is 0.380 e. The lowest BCUT2D eigenvalue weighted by atomic mass is 10.1. The van der Waals surface area contributed by atoms with Crippen LogP contribution in [0.25, 0.3) is 5.82 Å². The van der Waals surface area contributed by atoms with Crippen molar-refractivity contribution in [3.63, 3.8) is 0 Å². The van der Waals surface area contributed by atoms with Crippen molar-refractivity contribution < 1.29 is 4.39 Å². The summed E-state index contributed by atoms with van der Waals surface area (Å²) in [6.45, 7) is 0.454. The molecule has 0 aliphatic rings. The molecule has 0 aliphatic heterocycles. The van der Waals surface area contributed by atoms with Crippen LogP contribution in [0.3, 0.4) is 0 Å². The number of halogens is 1. The first-order valence-corrected chi connectivity index (χ1v) is 6.63. The summed E-state index contributed by atoms with van der Waals surface area (Å²) in [6, 6.07) is 10.2. The number of rotatable bonds is 4. The first-order chi connectivity index (χ1) is 10.8. The SMILES string of the molecule is N#Cc1c(F)cccc1NCc1ccc(-n2ccnc2)nc1. The molecule has 2 heterocycles. The standard InChI is InChI=1S/C16H12FN5/c17-14-2-1-3-15(13(14)8-18)20-9-12-4-5-16(21-10-12)22-7-6-19-11-22/h1-7,10-11,20H,9H2. The maximum atomic E-state index is 13.5. The highest BCUT2D eigenvalue weighted by Crippen LogP contribution is 2.18. The molecule has 0 saturated carbocycles. The van der Waals surface area contributed by atoms with Crippen LogP contribution in [0.15, 0.2) is 55.2 Å². The molecule has 1 N–H and O–H groups in total. The molecule has 6 heteroatoms. The summed E-state index contributed by atoms with van der Waals surface area (Å²) in [5, 5.41) is 12.0. The van der Waals surface area contributed by atoms with Gasteiger partial charge in [-0.25, -0.2) is 14.4 Å². The Morgan fingerprint density at radius 3 is 2.86 bits per heavy atom. The van der Waals surface area contributed by atoms with Gasteiger partial charge in [-0.3, -0.25) is 4.57 Å². The zero-order chi connectivity index (χ0) is 15.4. The number of hydrogen-bond donors (Lipinski definition) is 1. The highest BCUT2D eigenvalue weighted by molar-refractivity contribution is 5.58. The zero-order valence-corrected chi connectivity index (χ0v) is 11.6. The lowest BCUT2D eigenvalue weighted by Crippen LogP contribution is -2.03. The fraction of sp³-hybridized carbons (Fsp3) is 0.0625. The van der Waals surface area contributed by atoms with Gasteiger partial charge in [0.1, 0.15) is 29.6 Å². The van der Waals surface area contributed by atoms with Crippen molar-refractivity contribution in [3.8, 4) is 11.9 Å². The van der Waals surface area contributed by atoms with E-state index in [0.29, 0.717) is 12.2 Å². The fourth-order valence-electron chi connectivity index (χ4n) is 2.05. The first-order valence-electron chi connectivity index (χ1n) is 6.63. The second-order valence-corrected chi connectivity index (χ2v) is 4.62. The van der Waals surface area contributed by atoms with Gasteiger partial charge in [-0.1, -0.05) is 12.1 Å². The van der Waals surface area contributed by atoms with Crippen LogP contribution in [0.2, 0.25) is 0 Å². The Kier molecular flexibility index (Phi) is 3.79. The average Bonchev–Trinajstić information content (AvgIpc) is 3.08. The van der Waals surface area contributed by atoms with Crippen molar-refractivity contribution in [2.45, 2.75) is 6.54 Å². The Labute approximate surface area is 126 Å². The maximum absolute atomic E-state index is 13.5. The van der Waals surface area contributed by atoms with E-state index in [-0.39, 0.29) is 5.56 Å². The molecule has 0 fully saturated rings. The van der Waals surface area contributed by atoms with Crippen molar-refractivity contribution in [1.29, 1.82) is 5.26 Å². The molecule has 1 aromatic carbocycles. The summed E-state index contributed by atoms with van der Waals surface area (Å²) < 4.78 is 15.3. The van der Waals surface area contributed by atoms with Gasteiger partial charge in [0, 0.05) is 25.1 Å². The molecule has 108 valence electrons. The Morgan fingerprint density at radius 1 is 1.27 bits per heavy atom. The van der Waals surface area contributed by atoms with E-state index in [0.717, 1.165) is 11.4 Å². The van der Waals surface area contributed by atoms with Crippen molar-refractivity contribution in [2.75, 3.05) is 5.32 Å². The molecule has 0 spiro atoms. The Balaban J connectivity index is 1.72. The minimum Gasteiger partial charge on any atom is -0.380 e. The predicted octanol–water partition coefficient (Wildman–Crippen LogP) is 2.89. The van der Waals surface area contributed by atoms with Crippen LogP contribution < -0.4 is 5.32 Å². The van der Waals surface area contributed by atoms with Crippen molar-refractivity contribution in [3.05, 3.63) is 72.2 Å². The topological polar surface area (TPSA) is 66.5 Å². The van der Waals surface area contributed by atoms with E-state index >= 15 is 0 Å². The number of hydrogen-bond acceptors (Lipinski definition) is 4. The summed E-state index contributed by atoms with van der Waals surface area (Å²) in [5.74, 6) is 0.241. The third kappa shape index (κ3) is 2.79. The molecular formula is C16H12FN5. The maximum Gasteiger partial charge on any atom is 0.143 e. The van der Waals surface area contributed by atoms with Crippen LogP contribution in [0, 0.1) is 17.1 Å². The van der Waals surface area contributed by atoms with Gasteiger partial charge in [-0.05, 0) is 23.8 Å². The smallest absolute Gasteiger partial charge is 0.143 e. The van der Waals surface area contributed by atoms with Gasteiger partial charge in [0.05, 0.1) is 5.69 Å². The third-order valence-corrected chi connectivity index (χ3v) is 3.19. The quantitative estimate of drug-likeness (QED) is 0.803. The van der Waals surface area contributed by atoms with Gasteiger partial charge in [-0.2, -0.15) is 5.26 Å². The number of anilines is 1. The van der Waals surface area contributed by atoms with Gasteiger partial charge < -0.3 is 5.32 Å². The molecule has 0 bridgehead atoms. The second kappa shape index (κ2) is 6.06. The summed E-state index contributed by atoms with van der Waals surface area (Å²) in [7, 11) is 0. The van der Waals surface area contributed by atoms with Crippen molar-refractivity contribution in [1.82, 2.24) is 14.5 Å². The number of aromatic nitrogens is 3. The Bertz CT molecular complexity index is 804. The molecule has 5 nitrogen and oxygen atoms in total. The van der Waals surface area contributed by atoms with E-state index in [9.17, 15) is 4.39 Å². The monoisotopic (exact) mass is 293 g/mol. The number of benzene rings is 1. The lowest BCUT2D eigenvalue weighted by molar-refractivity contribution is 0.624. The summed E-state index contributed by atoms with van der Waals surface area (Å²) >= 11 is 0. The van der Waals surface area contributed by atoms with E-state index in [1.807, 2.05) is 24.4 Å². The zero-order valence-electron chi connectivity index (χ0n) is 11.6. The minimum absolute atomic E-state index is 0.0190. The lowest BCUT2D eigenvalue weighted by Gasteiger charge is -2.09. The van der Waals surface area contributed by atoms with Crippen LogP contribution in [0.5, 0.6) is 0 Å². The van der Waals surface area contributed by atoms with E-state index in [1.165, 1.54) is 6.07 Å². The van der Waals surface area contributed by atoms with Crippen LogP contribution in [0.4, 0.5) is 10.1 Å². The molecule has 22 heavy (non-hydrogen) atoms. The van der Waals surface area contributed by atoms with Gasteiger partial charge in [0.15, 0.2) is 0 Å². The molecule has 0 unspecified atom stereocenters. The molecule has 0 radical (unpaired) electrons. The molecule has 3 rings (SSSR count). The molecule has 3 aromatic rings. The highest BCUT2D eigenvalue weighted by Gasteiger charge is 2.07. The molecule has 0 saturated heterocycles. The summed E-state index contributed by atoms with van der Waals surface area (Å²) in [6.07, 6.45) is 6.90. The summed E-state index contributed by atoms with van der Waals surface area (Å²) in [5.41, 5.74) is 1.42. The average molecular weight is 293 g/mol. The first kappa shape index (κ1) is 13.8. The fourth-order valence-corrected chi connectivity index (χ4v) is 2.05. The minimum atomic E-state index is -0.527. The van der Waals surface area contributed by atoms with Crippen LogP contribution >= 0.6 is 0 Å². The molecule has 2 aromatic heterocycles. The van der Waals surface area contributed by atoms with E-state index in [1.54, 1.807) is 35.4 Å². The second-order valence-electron chi connectivity index (χ2n) is 4.62. The van der Waals surface area contributed by atoms with Gasteiger partial charge in [-0.15, -0.1) is 0 Å². The van der Waals surface area contributed by atoms with Crippen LogP contribution in [-0.4, -0.2) is 14.5 Å². The van der Waals surface area contributed by atoms with E-state index in [4.69, 9.17) is 5.26 Å². The van der Waals surface area contributed by atoms with Gasteiger partial charge in [0.2, 0.25) is 0 Å². The highest BCUT2D eigenvalue weighted by atomic mass is 19.1. The number of pyridine rings is 1. The number of nitrogens with one attached hydrogen (secondary N) is 1. The molecular weight excluding hydrogens is 281 g/mol. The van der Waals surface area contributed by atoms with Crippen LogP contribution in [0.1, 0.15) is 11.1 Å². The summed E-state index contributed by atoms with van der Waals surface area (Å²) in [4.78, 5) is 8.31. The molecule has 0 atom stereocenters. The Morgan fingerprint density at radius 2 is 2.18 bits per heavy atom. The third-order valence-electron chi connectivity index (χ3n) is 3.19.